The normalized spacial score (nSPS) is 15.0. The van der Waals surface area contributed by atoms with Crippen molar-refractivity contribution in [1.82, 2.24) is 14.9 Å². The van der Waals surface area contributed by atoms with Gasteiger partial charge in [-0.2, -0.15) is 13.2 Å². The number of aryl methyl sites for hydroxylation is 1. The Morgan fingerprint density at radius 2 is 2.11 bits per heavy atom. The van der Waals surface area contributed by atoms with Crippen molar-refractivity contribution in [3.8, 4) is 0 Å². The summed E-state index contributed by atoms with van der Waals surface area (Å²) < 4.78 is 43.9. The first-order valence-electron chi connectivity index (χ1n) is 8.57. The lowest BCUT2D eigenvalue weighted by Crippen LogP contribution is -2.33. The highest BCUT2D eigenvalue weighted by Gasteiger charge is 2.35. The smallest absolute Gasteiger partial charge is 0.451 e. The Morgan fingerprint density at radius 1 is 1.32 bits per heavy atom. The molecule has 3 heterocycles. The number of hydrogen-bond donors (Lipinski definition) is 0. The summed E-state index contributed by atoms with van der Waals surface area (Å²) in [5.41, 5.74) is 2.60. The Bertz CT molecular complexity index is 1130. The Labute approximate surface area is 162 Å². The van der Waals surface area contributed by atoms with Crippen molar-refractivity contribution in [2.75, 3.05) is 6.54 Å². The first-order chi connectivity index (χ1) is 13.2. The van der Waals surface area contributed by atoms with Crippen LogP contribution in [-0.4, -0.2) is 21.4 Å². The van der Waals surface area contributed by atoms with Gasteiger partial charge in [0.05, 0.1) is 17.3 Å². The van der Waals surface area contributed by atoms with Crippen LogP contribution in [0.15, 0.2) is 33.8 Å². The number of halogens is 4. The summed E-state index contributed by atoms with van der Waals surface area (Å²) in [6.07, 6.45) is -1.57. The lowest BCUT2D eigenvalue weighted by atomic mass is 10.1. The molecule has 3 aromatic rings. The molecular weight excluding hydrogens is 395 g/mol. The SMILES string of the molecule is Cc1cc2occ(CN3CCc4nc(C(F)(F)F)ncc4C3)c(=O)c2cc1Cl. The fourth-order valence-electron chi connectivity index (χ4n) is 3.29. The van der Waals surface area contributed by atoms with Crippen molar-refractivity contribution in [1.29, 1.82) is 0 Å². The quantitative estimate of drug-likeness (QED) is 0.637. The number of aromatic nitrogens is 2. The van der Waals surface area contributed by atoms with Crippen LogP contribution in [0.1, 0.15) is 28.2 Å². The fourth-order valence-corrected chi connectivity index (χ4v) is 3.45. The topological polar surface area (TPSA) is 59.2 Å². The van der Waals surface area contributed by atoms with E-state index >= 15 is 0 Å². The lowest BCUT2D eigenvalue weighted by Gasteiger charge is -2.27. The van der Waals surface area contributed by atoms with Gasteiger partial charge in [0, 0.05) is 48.4 Å². The highest BCUT2D eigenvalue weighted by Crippen LogP contribution is 2.28. The van der Waals surface area contributed by atoms with Gasteiger partial charge in [-0.15, -0.1) is 0 Å². The molecule has 0 aliphatic carbocycles. The zero-order chi connectivity index (χ0) is 20.1. The molecule has 0 unspecified atom stereocenters. The van der Waals surface area contributed by atoms with E-state index in [0.717, 1.165) is 5.56 Å². The summed E-state index contributed by atoms with van der Waals surface area (Å²) in [5.74, 6) is -1.12. The molecule has 0 radical (unpaired) electrons. The van der Waals surface area contributed by atoms with Gasteiger partial charge < -0.3 is 4.42 Å². The van der Waals surface area contributed by atoms with Gasteiger partial charge in [-0.05, 0) is 24.6 Å². The van der Waals surface area contributed by atoms with E-state index in [0.29, 0.717) is 58.9 Å². The van der Waals surface area contributed by atoms with Crippen LogP contribution in [0.5, 0.6) is 0 Å². The van der Waals surface area contributed by atoms with Crippen LogP contribution in [0.4, 0.5) is 13.2 Å². The molecule has 0 saturated heterocycles. The van der Waals surface area contributed by atoms with Crippen molar-refractivity contribution in [2.45, 2.75) is 32.6 Å². The third kappa shape index (κ3) is 3.49. The van der Waals surface area contributed by atoms with Crippen LogP contribution in [-0.2, 0) is 25.7 Å². The van der Waals surface area contributed by atoms with Crippen LogP contribution in [0, 0.1) is 6.92 Å². The fraction of sp³-hybridized carbons (Fsp3) is 0.316. The molecule has 0 N–H and O–H groups in total. The molecule has 0 spiro atoms. The van der Waals surface area contributed by atoms with E-state index in [2.05, 4.69) is 9.97 Å². The van der Waals surface area contributed by atoms with E-state index in [-0.39, 0.29) is 5.43 Å². The van der Waals surface area contributed by atoms with E-state index in [1.54, 1.807) is 12.1 Å². The third-order valence-corrected chi connectivity index (χ3v) is 5.19. The summed E-state index contributed by atoms with van der Waals surface area (Å²) in [6, 6.07) is 3.31. The maximum atomic E-state index is 12.8. The first kappa shape index (κ1) is 18.9. The van der Waals surface area contributed by atoms with Crippen molar-refractivity contribution in [3.05, 3.63) is 68.0 Å². The molecule has 0 atom stereocenters. The Kier molecular flexibility index (Phi) is 4.63. The van der Waals surface area contributed by atoms with Crippen LogP contribution in [0.3, 0.4) is 0 Å². The number of nitrogens with zero attached hydrogens (tertiary/aromatic N) is 3. The summed E-state index contributed by atoms with van der Waals surface area (Å²) in [4.78, 5) is 21.8. The maximum Gasteiger partial charge on any atom is 0.451 e. The van der Waals surface area contributed by atoms with Crippen molar-refractivity contribution < 1.29 is 17.6 Å². The molecule has 1 aliphatic rings. The molecule has 146 valence electrons. The Morgan fingerprint density at radius 3 is 2.86 bits per heavy atom. The summed E-state index contributed by atoms with van der Waals surface area (Å²) in [7, 11) is 0. The van der Waals surface area contributed by atoms with Crippen LogP contribution in [0.25, 0.3) is 11.0 Å². The Balaban J connectivity index is 1.59. The molecule has 4 rings (SSSR count). The van der Waals surface area contributed by atoms with Crippen molar-refractivity contribution in [3.63, 3.8) is 0 Å². The van der Waals surface area contributed by atoms with E-state index in [1.807, 2.05) is 11.8 Å². The predicted octanol–water partition coefficient (Wildman–Crippen LogP) is 4.12. The molecule has 0 saturated carbocycles. The molecule has 2 aromatic heterocycles. The maximum absolute atomic E-state index is 12.8. The molecule has 5 nitrogen and oxygen atoms in total. The largest absolute Gasteiger partial charge is 0.464 e. The molecule has 0 amide bonds. The van der Waals surface area contributed by atoms with E-state index in [4.69, 9.17) is 16.0 Å². The third-order valence-electron chi connectivity index (χ3n) is 4.79. The van der Waals surface area contributed by atoms with Crippen molar-refractivity contribution in [2.24, 2.45) is 0 Å². The highest BCUT2D eigenvalue weighted by molar-refractivity contribution is 6.32. The zero-order valence-corrected chi connectivity index (χ0v) is 15.6. The highest BCUT2D eigenvalue weighted by atomic mass is 35.5. The van der Waals surface area contributed by atoms with Gasteiger partial charge in [0.15, 0.2) is 5.43 Å². The van der Waals surface area contributed by atoms with Crippen LogP contribution < -0.4 is 5.43 Å². The second kappa shape index (κ2) is 6.86. The molecule has 0 bridgehead atoms. The van der Waals surface area contributed by atoms with Gasteiger partial charge in [0.2, 0.25) is 5.82 Å². The van der Waals surface area contributed by atoms with Gasteiger partial charge in [-0.1, -0.05) is 11.6 Å². The number of fused-ring (bicyclic) bond motifs is 2. The molecule has 1 aromatic carbocycles. The van der Waals surface area contributed by atoms with Gasteiger partial charge in [-0.25, -0.2) is 9.97 Å². The van der Waals surface area contributed by atoms with Gasteiger partial charge in [0.1, 0.15) is 5.58 Å². The monoisotopic (exact) mass is 409 g/mol. The lowest BCUT2D eigenvalue weighted by molar-refractivity contribution is -0.145. The van der Waals surface area contributed by atoms with E-state index < -0.39 is 12.0 Å². The second-order valence-corrected chi connectivity index (χ2v) is 7.22. The van der Waals surface area contributed by atoms with Crippen LogP contribution in [0.2, 0.25) is 5.02 Å². The molecule has 9 heteroatoms. The summed E-state index contributed by atoms with van der Waals surface area (Å²) >= 11 is 6.12. The van der Waals surface area contributed by atoms with Gasteiger partial charge in [-0.3, -0.25) is 9.69 Å². The standard InChI is InChI=1S/C19H15ClF3N3O2/c1-10-4-16-13(5-14(10)20)17(27)12(9-28-16)8-26-3-2-15-11(7-26)6-24-18(25-15)19(21,22)23/h4-6,9H,2-3,7-8H2,1H3. The molecule has 0 fully saturated rings. The number of rotatable bonds is 2. The average Bonchev–Trinajstić information content (AvgIpc) is 2.64. The molecule has 28 heavy (non-hydrogen) atoms. The predicted molar refractivity (Wildman–Crippen MR) is 97.1 cm³/mol. The van der Waals surface area contributed by atoms with Gasteiger partial charge >= 0.3 is 6.18 Å². The minimum Gasteiger partial charge on any atom is -0.464 e. The van der Waals surface area contributed by atoms with Gasteiger partial charge in [0.25, 0.3) is 0 Å². The van der Waals surface area contributed by atoms with E-state index in [9.17, 15) is 18.0 Å². The minimum absolute atomic E-state index is 0.169. The zero-order valence-electron chi connectivity index (χ0n) is 14.8. The average molecular weight is 410 g/mol. The second-order valence-electron chi connectivity index (χ2n) is 6.81. The number of hydrogen-bond acceptors (Lipinski definition) is 5. The van der Waals surface area contributed by atoms with Crippen LogP contribution >= 0.6 is 11.6 Å². The Hall–Kier alpha value is -2.45. The number of alkyl halides is 3. The molecular formula is C19H15ClF3N3O2. The molecule has 1 aliphatic heterocycles. The minimum atomic E-state index is -4.56. The first-order valence-corrected chi connectivity index (χ1v) is 8.95. The summed E-state index contributed by atoms with van der Waals surface area (Å²) in [6.45, 7) is 2.98. The van der Waals surface area contributed by atoms with Crippen molar-refractivity contribution >= 4 is 22.6 Å². The summed E-state index contributed by atoms with van der Waals surface area (Å²) in [5, 5.41) is 0.894. The number of benzene rings is 1. The van der Waals surface area contributed by atoms with E-state index in [1.165, 1.54) is 12.5 Å².